The standard InChI is InChI=1S/C10H22ClNO3S/c1-9(2)8-12(5-6-15-4)16(13,14)10(3)7-11/h9-10H,5-8H2,1-4H3. The molecule has 0 amide bonds. The lowest BCUT2D eigenvalue weighted by atomic mass is 10.2. The molecule has 98 valence electrons. The van der Waals surface area contributed by atoms with Gasteiger partial charge in [-0.25, -0.2) is 8.42 Å². The Morgan fingerprint density at radius 1 is 1.31 bits per heavy atom. The van der Waals surface area contributed by atoms with E-state index in [0.717, 1.165) is 0 Å². The average molecular weight is 272 g/mol. The van der Waals surface area contributed by atoms with Crippen molar-refractivity contribution < 1.29 is 13.2 Å². The lowest BCUT2D eigenvalue weighted by Crippen LogP contribution is -2.42. The maximum Gasteiger partial charge on any atom is 0.217 e. The van der Waals surface area contributed by atoms with Crippen LogP contribution in [0.4, 0.5) is 0 Å². The summed E-state index contributed by atoms with van der Waals surface area (Å²) in [6.45, 7) is 6.90. The highest BCUT2D eigenvalue weighted by Gasteiger charge is 2.28. The van der Waals surface area contributed by atoms with Gasteiger partial charge in [-0.1, -0.05) is 13.8 Å². The van der Waals surface area contributed by atoms with Gasteiger partial charge in [0.1, 0.15) is 0 Å². The smallest absolute Gasteiger partial charge is 0.217 e. The molecule has 0 aliphatic heterocycles. The van der Waals surface area contributed by atoms with Crippen molar-refractivity contribution in [2.45, 2.75) is 26.0 Å². The van der Waals surface area contributed by atoms with Gasteiger partial charge in [-0.3, -0.25) is 0 Å². The number of rotatable bonds is 8. The molecule has 0 bridgehead atoms. The Balaban J connectivity index is 4.72. The topological polar surface area (TPSA) is 46.6 Å². The third-order valence-corrected chi connectivity index (χ3v) is 5.08. The number of sulfonamides is 1. The molecule has 4 nitrogen and oxygen atoms in total. The summed E-state index contributed by atoms with van der Waals surface area (Å²) in [7, 11) is -1.74. The highest BCUT2D eigenvalue weighted by Crippen LogP contribution is 2.12. The van der Waals surface area contributed by atoms with Crippen LogP contribution in [0.2, 0.25) is 0 Å². The zero-order chi connectivity index (χ0) is 12.8. The molecule has 6 heteroatoms. The minimum absolute atomic E-state index is 0.115. The summed E-state index contributed by atoms with van der Waals surface area (Å²) in [5, 5.41) is -0.551. The van der Waals surface area contributed by atoms with E-state index in [-0.39, 0.29) is 11.8 Å². The fourth-order valence-electron chi connectivity index (χ4n) is 1.26. The molecule has 0 saturated carbocycles. The first-order valence-electron chi connectivity index (χ1n) is 5.40. The van der Waals surface area contributed by atoms with Crippen LogP contribution < -0.4 is 0 Å². The van der Waals surface area contributed by atoms with Crippen LogP contribution in [-0.4, -0.2) is 50.7 Å². The van der Waals surface area contributed by atoms with Crippen LogP contribution in [0.5, 0.6) is 0 Å². The van der Waals surface area contributed by atoms with E-state index in [2.05, 4.69) is 0 Å². The maximum absolute atomic E-state index is 12.1. The van der Waals surface area contributed by atoms with E-state index in [0.29, 0.717) is 19.7 Å². The van der Waals surface area contributed by atoms with Gasteiger partial charge in [0, 0.05) is 26.1 Å². The molecule has 0 radical (unpaired) electrons. The first-order chi connectivity index (χ1) is 7.36. The van der Waals surface area contributed by atoms with Crippen molar-refractivity contribution in [3.05, 3.63) is 0 Å². The molecule has 1 atom stereocenters. The largest absolute Gasteiger partial charge is 0.383 e. The maximum atomic E-state index is 12.1. The molecule has 16 heavy (non-hydrogen) atoms. The highest BCUT2D eigenvalue weighted by molar-refractivity contribution is 7.89. The Hall–Kier alpha value is 0.160. The first-order valence-corrected chi connectivity index (χ1v) is 7.43. The lowest BCUT2D eigenvalue weighted by Gasteiger charge is -2.26. The van der Waals surface area contributed by atoms with Gasteiger partial charge < -0.3 is 4.74 Å². The van der Waals surface area contributed by atoms with E-state index in [1.165, 1.54) is 4.31 Å². The number of alkyl halides is 1. The molecule has 0 fully saturated rings. The second-order valence-corrected chi connectivity index (χ2v) is 6.91. The summed E-state index contributed by atoms with van der Waals surface area (Å²) in [5.41, 5.74) is 0. The van der Waals surface area contributed by atoms with Crippen LogP contribution in [0.15, 0.2) is 0 Å². The van der Waals surface area contributed by atoms with Gasteiger partial charge in [0.15, 0.2) is 0 Å². The quantitative estimate of drug-likeness (QED) is 0.629. The molecule has 0 rings (SSSR count). The van der Waals surface area contributed by atoms with E-state index in [1.54, 1.807) is 14.0 Å². The number of hydrogen-bond donors (Lipinski definition) is 0. The molecule has 0 N–H and O–H groups in total. The van der Waals surface area contributed by atoms with Crippen LogP contribution in [0.25, 0.3) is 0 Å². The SMILES string of the molecule is COCCN(CC(C)C)S(=O)(=O)C(C)CCl. The molecule has 0 aromatic carbocycles. The Morgan fingerprint density at radius 3 is 2.25 bits per heavy atom. The minimum Gasteiger partial charge on any atom is -0.383 e. The summed E-state index contributed by atoms with van der Waals surface area (Å²) < 4.78 is 30.6. The number of nitrogens with zero attached hydrogens (tertiary/aromatic N) is 1. The van der Waals surface area contributed by atoms with Crippen molar-refractivity contribution in [2.75, 3.05) is 32.7 Å². The van der Waals surface area contributed by atoms with Gasteiger partial charge in [0.25, 0.3) is 0 Å². The normalized spacial score (nSPS) is 14.7. The number of hydrogen-bond acceptors (Lipinski definition) is 3. The number of ether oxygens (including phenoxy) is 1. The molecular weight excluding hydrogens is 250 g/mol. The van der Waals surface area contributed by atoms with Crippen molar-refractivity contribution in [1.82, 2.24) is 4.31 Å². The molecule has 0 aromatic heterocycles. The Bertz CT molecular complexity index is 280. The average Bonchev–Trinajstić information content (AvgIpc) is 2.22. The molecule has 0 aliphatic rings. The zero-order valence-corrected chi connectivity index (χ0v) is 12.0. The summed E-state index contributed by atoms with van der Waals surface area (Å²) in [6.07, 6.45) is 0. The van der Waals surface area contributed by atoms with Crippen LogP contribution in [0.3, 0.4) is 0 Å². The Labute approximate surface area is 104 Å². The molecule has 0 heterocycles. The molecule has 0 spiro atoms. The molecular formula is C10H22ClNO3S. The van der Waals surface area contributed by atoms with Crippen LogP contribution >= 0.6 is 11.6 Å². The summed E-state index contributed by atoms with van der Waals surface area (Å²) in [6, 6.07) is 0. The number of halogens is 1. The Morgan fingerprint density at radius 2 is 1.88 bits per heavy atom. The van der Waals surface area contributed by atoms with E-state index >= 15 is 0 Å². The fraction of sp³-hybridized carbons (Fsp3) is 1.00. The van der Waals surface area contributed by atoms with E-state index in [9.17, 15) is 8.42 Å². The first kappa shape index (κ1) is 16.2. The van der Waals surface area contributed by atoms with E-state index in [1.807, 2.05) is 13.8 Å². The highest BCUT2D eigenvalue weighted by atomic mass is 35.5. The third kappa shape index (κ3) is 4.99. The second kappa shape index (κ2) is 7.48. The van der Waals surface area contributed by atoms with Crippen LogP contribution in [0.1, 0.15) is 20.8 Å². The summed E-state index contributed by atoms with van der Waals surface area (Å²) in [4.78, 5) is 0. The van der Waals surface area contributed by atoms with Gasteiger partial charge >= 0.3 is 0 Å². The Kier molecular flexibility index (Phi) is 7.55. The van der Waals surface area contributed by atoms with Gasteiger partial charge in [-0.05, 0) is 12.8 Å². The van der Waals surface area contributed by atoms with Crippen molar-refractivity contribution in [3.8, 4) is 0 Å². The van der Waals surface area contributed by atoms with Gasteiger partial charge in [-0.15, -0.1) is 11.6 Å². The van der Waals surface area contributed by atoms with Gasteiger partial charge in [0.2, 0.25) is 10.0 Å². The minimum atomic E-state index is -3.30. The van der Waals surface area contributed by atoms with Crippen molar-refractivity contribution in [2.24, 2.45) is 5.92 Å². The van der Waals surface area contributed by atoms with Crippen LogP contribution in [-0.2, 0) is 14.8 Å². The fourth-order valence-corrected chi connectivity index (χ4v) is 3.24. The van der Waals surface area contributed by atoms with Crippen LogP contribution in [0, 0.1) is 5.92 Å². The van der Waals surface area contributed by atoms with E-state index < -0.39 is 15.3 Å². The molecule has 0 aromatic rings. The van der Waals surface area contributed by atoms with Gasteiger partial charge in [-0.2, -0.15) is 4.31 Å². The van der Waals surface area contributed by atoms with Gasteiger partial charge in [0.05, 0.1) is 11.9 Å². The molecule has 0 saturated heterocycles. The van der Waals surface area contributed by atoms with Crippen molar-refractivity contribution in [3.63, 3.8) is 0 Å². The predicted molar refractivity (Wildman–Crippen MR) is 67.4 cm³/mol. The summed E-state index contributed by atoms with van der Waals surface area (Å²) in [5.74, 6) is 0.401. The van der Waals surface area contributed by atoms with Crippen molar-refractivity contribution in [1.29, 1.82) is 0 Å². The molecule has 1 unspecified atom stereocenters. The zero-order valence-electron chi connectivity index (χ0n) is 10.4. The lowest BCUT2D eigenvalue weighted by molar-refractivity contribution is 0.175. The third-order valence-electron chi connectivity index (χ3n) is 2.20. The summed E-state index contributed by atoms with van der Waals surface area (Å²) >= 11 is 5.61. The monoisotopic (exact) mass is 271 g/mol. The van der Waals surface area contributed by atoms with E-state index in [4.69, 9.17) is 16.3 Å². The number of methoxy groups -OCH3 is 1. The van der Waals surface area contributed by atoms with Crippen molar-refractivity contribution >= 4 is 21.6 Å². The second-order valence-electron chi connectivity index (χ2n) is 4.25. The molecule has 0 aliphatic carbocycles. The predicted octanol–water partition coefficient (Wildman–Crippen LogP) is 1.55.